The molecule has 32 heavy (non-hydrogen) atoms. The topological polar surface area (TPSA) is 26.5 Å². The van der Waals surface area contributed by atoms with Gasteiger partial charge in [-0.15, -0.1) is 0 Å². The molecule has 0 unspecified atom stereocenters. The molecule has 4 rings (SSSR count). The van der Waals surface area contributed by atoms with E-state index in [0.29, 0.717) is 11.3 Å². The number of benzene rings is 3. The molecule has 0 amide bonds. The van der Waals surface area contributed by atoms with Crippen LogP contribution in [0.2, 0.25) is 0 Å². The van der Waals surface area contributed by atoms with Crippen molar-refractivity contribution in [3.63, 3.8) is 0 Å². The molecule has 0 aliphatic heterocycles. The van der Waals surface area contributed by atoms with Crippen molar-refractivity contribution in [3.05, 3.63) is 113 Å². The Labute approximate surface area is 184 Å². The predicted molar refractivity (Wildman–Crippen MR) is 119 cm³/mol. The fourth-order valence-corrected chi connectivity index (χ4v) is 3.59. The molecule has 0 bridgehead atoms. The molecule has 0 atom stereocenters. The van der Waals surface area contributed by atoms with Gasteiger partial charge in [-0.1, -0.05) is 23.4 Å². The quantitative estimate of drug-likeness (QED) is 0.242. The lowest BCUT2D eigenvalue weighted by molar-refractivity contribution is 0.128. The maximum Gasteiger partial charge on any atom is 0.145 e. The Hall–Kier alpha value is -3.80. The van der Waals surface area contributed by atoms with E-state index in [2.05, 4.69) is 5.16 Å². The highest BCUT2D eigenvalue weighted by Crippen LogP contribution is 2.30. The molecular formula is C26H21F3N2O. The smallest absolute Gasteiger partial charge is 0.145 e. The first-order valence-corrected chi connectivity index (χ1v) is 10.1. The highest BCUT2D eigenvalue weighted by molar-refractivity contribution is 6.01. The van der Waals surface area contributed by atoms with Crippen LogP contribution in [0.25, 0.3) is 16.9 Å². The summed E-state index contributed by atoms with van der Waals surface area (Å²) in [6.07, 6.45) is 0. The van der Waals surface area contributed by atoms with Gasteiger partial charge in [0.1, 0.15) is 24.1 Å². The Balaban J connectivity index is 1.72. The molecule has 0 radical (unpaired) electrons. The summed E-state index contributed by atoms with van der Waals surface area (Å²) in [5, 5.41) is 4.18. The summed E-state index contributed by atoms with van der Waals surface area (Å²) in [6.45, 7) is 3.72. The van der Waals surface area contributed by atoms with Crippen LogP contribution < -0.4 is 0 Å². The maximum atomic E-state index is 13.8. The Morgan fingerprint density at radius 1 is 0.875 bits per heavy atom. The van der Waals surface area contributed by atoms with Gasteiger partial charge in [0.25, 0.3) is 0 Å². The third kappa shape index (κ3) is 4.44. The molecule has 0 aliphatic rings. The number of halogens is 3. The van der Waals surface area contributed by atoms with E-state index in [1.54, 1.807) is 49.4 Å². The Kier molecular flexibility index (Phi) is 6.12. The summed E-state index contributed by atoms with van der Waals surface area (Å²) in [5.41, 5.74) is 5.03. The lowest BCUT2D eigenvalue weighted by atomic mass is 10.1. The zero-order valence-electron chi connectivity index (χ0n) is 17.6. The van der Waals surface area contributed by atoms with E-state index in [1.807, 2.05) is 17.6 Å². The van der Waals surface area contributed by atoms with E-state index < -0.39 is 0 Å². The molecule has 1 aromatic heterocycles. The highest BCUT2D eigenvalue weighted by Gasteiger charge is 2.17. The largest absolute Gasteiger partial charge is 0.391 e. The van der Waals surface area contributed by atoms with Crippen molar-refractivity contribution in [2.75, 3.05) is 0 Å². The van der Waals surface area contributed by atoms with Crippen LogP contribution in [-0.4, -0.2) is 10.3 Å². The molecule has 0 spiro atoms. The number of nitrogens with zero attached hydrogens (tertiary/aromatic N) is 2. The van der Waals surface area contributed by atoms with E-state index >= 15 is 0 Å². The second-order valence-corrected chi connectivity index (χ2v) is 7.39. The monoisotopic (exact) mass is 434 g/mol. The fourth-order valence-electron chi connectivity index (χ4n) is 3.59. The van der Waals surface area contributed by atoms with Gasteiger partial charge in [0.15, 0.2) is 0 Å². The molecule has 0 N–H and O–H groups in total. The predicted octanol–water partition coefficient (Wildman–Crippen LogP) is 6.81. The van der Waals surface area contributed by atoms with Crippen LogP contribution in [0.15, 0.2) is 84.0 Å². The molecule has 1 heterocycles. The Bertz CT molecular complexity index is 1260. The van der Waals surface area contributed by atoms with Crippen molar-refractivity contribution >= 4 is 5.71 Å². The molecule has 162 valence electrons. The third-order valence-electron chi connectivity index (χ3n) is 5.24. The van der Waals surface area contributed by atoms with Crippen LogP contribution in [-0.2, 0) is 11.4 Å². The van der Waals surface area contributed by atoms with Crippen LogP contribution in [0.5, 0.6) is 0 Å². The van der Waals surface area contributed by atoms with E-state index in [1.165, 1.54) is 30.3 Å². The highest BCUT2D eigenvalue weighted by atomic mass is 19.1. The van der Waals surface area contributed by atoms with E-state index in [0.717, 1.165) is 28.2 Å². The zero-order chi connectivity index (χ0) is 22.7. The van der Waals surface area contributed by atoms with Gasteiger partial charge in [-0.05, 0) is 80.1 Å². The zero-order valence-corrected chi connectivity index (χ0v) is 17.6. The van der Waals surface area contributed by atoms with Crippen molar-refractivity contribution < 1.29 is 18.0 Å². The Morgan fingerprint density at radius 3 is 2.16 bits per heavy atom. The van der Waals surface area contributed by atoms with Gasteiger partial charge in [-0.3, -0.25) is 0 Å². The second-order valence-electron chi connectivity index (χ2n) is 7.39. The normalized spacial score (nSPS) is 11.6. The molecule has 0 saturated heterocycles. The van der Waals surface area contributed by atoms with Crippen molar-refractivity contribution in [1.82, 2.24) is 4.57 Å². The second kappa shape index (κ2) is 9.14. The van der Waals surface area contributed by atoms with E-state index in [4.69, 9.17) is 4.84 Å². The van der Waals surface area contributed by atoms with Crippen LogP contribution in [0.1, 0.15) is 23.7 Å². The summed E-state index contributed by atoms with van der Waals surface area (Å²) in [5.74, 6) is -1.01. The minimum Gasteiger partial charge on any atom is -0.391 e. The van der Waals surface area contributed by atoms with Crippen LogP contribution >= 0.6 is 0 Å². The van der Waals surface area contributed by atoms with Gasteiger partial charge < -0.3 is 9.40 Å². The lowest BCUT2D eigenvalue weighted by Gasteiger charge is -2.12. The SMILES string of the molecule is C/C(=N\OCc1ccccc1F)c1cc(-c2ccc(F)cc2)n(-c2ccc(F)cc2)c1C. The first-order chi connectivity index (χ1) is 15.4. The average Bonchev–Trinajstić information content (AvgIpc) is 3.13. The van der Waals surface area contributed by atoms with Crippen molar-refractivity contribution in [3.8, 4) is 16.9 Å². The van der Waals surface area contributed by atoms with Gasteiger partial charge in [-0.25, -0.2) is 13.2 Å². The van der Waals surface area contributed by atoms with Crippen molar-refractivity contribution in [1.29, 1.82) is 0 Å². The Morgan fingerprint density at radius 2 is 1.50 bits per heavy atom. The van der Waals surface area contributed by atoms with Gasteiger partial charge in [0, 0.05) is 22.5 Å². The number of hydrogen-bond acceptors (Lipinski definition) is 2. The molecule has 0 aliphatic carbocycles. The van der Waals surface area contributed by atoms with Crippen LogP contribution in [0, 0.1) is 24.4 Å². The molecule has 0 fully saturated rings. The maximum absolute atomic E-state index is 13.8. The molecule has 6 heteroatoms. The third-order valence-corrected chi connectivity index (χ3v) is 5.24. The number of rotatable bonds is 6. The minimum absolute atomic E-state index is 0.00650. The lowest BCUT2D eigenvalue weighted by Crippen LogP contribution is -2.03. The fraction of sp³-hybridized carbons (Fsp3) is 0.115. The van der Waals surface area contributed by atoms with Gasteiger partial charge in [-0.2, -0.15) is 0 Å². The summed E-state index contributed by atoms with van der Waals surface area (Å²) >= 11 is 0. The first kappa shape index (κ1) is 21.4. The van der Waals surface area contributed by atoms with Gasteiger partial charge >= 0.3 is 0 Å². The standard InChI is InChI=1S/C26H21F3N2O/c1-17(30-32-16-20-5-3-4-6-25(20)29)24-15-26(19-7-9-21(27)10-8-19)31(18(24)2)23-13-11-22(28)12-14-23/h3-15H,16H2,1-2H3/b30-17+. The van der Waals surface area contributed by atoms with Crippen molar-refractivity contribution in [2.45, 2.75) is 20.5 Å². The number of oxime groups is 1. The molecule has 3 nitrogen and oxygen atoms in total. The minimum atomic E-state index is -0.349. The molecular weight excluding hydrogens is 413 g/mol. The van der Waals surface area contributed by atoms with Crippen LogP contribution in [0.3, 0.4) is 0 Å². The van der Waals surface area contributed by atoms with Gasteiger partial charge in [0.05, 0.1) is 11.4 Å². The van der Waals surface area contributed by atoms with Crippen LogP contribution in [0.4, 0.5) is 13.2 Å². The average molecular weight is 434 g/mol. The first-order valence-electron chi connectivity index (χ1n) is 10.1. The van der Waals surface area contributed by atoms with E-state index in [-0.39, 0.29) is 24.1 Å². The summed E-state index contributed by atoms with van der Waals surface area (Å²) in [4.78, 5) is 5.40. The summed E-state index contributed by atoms with van der Waals surface area (Å²) < 4.78 is 42.7. The molecule has 4 aromatic rings. The summed E-state index contributed by atoms with van der Waals surface area (Å²) in [6, 6.07) is 20.6. The van der Waals surface area contributed by atoms with Gasteiger partial charge in [0.2, 0.25) is 0 Å². The summed E-state index contributed by atoms with van der Waals surface area (Å²) in [7, 11) is 0. The number of hydrogen-bond donors (Lipinski definition) is 0. The van der Waals surface area contributed by atoms with E-state index in [9.17, 15) is 13.2 Å². The van der Waals surface area contributed by atoms with Crippen molar-refractivity contribution in [2.24, 2.45) is 5.16 Å². The molecule has 0 saturated carbocycles. The molecule has 3 aromatic carbocycles. The number of aromatic nitrogens is 1.